The molecular weight excluding hydrogens is 416 g/mol. The van der Waals surface area contributed by atoms with Gasteiger partial charge in [-0.1, -0.05) is 36.0 Å². The van der Waals surface area contributed by atoms with Crippen molar-refractivity contribution in [3.8, 4) is 11.5 Å². The summed E-state index contributed by atoms with van der Waals surface area (Å²) in [5.74, 6) is 1.04. The van der Waals surface area contributed by atoms with Crippen LogP contribution in [0, 0.1) is 6.92 Å². The monoisotopic (exact) mass is 434 g/mol. The molecule has 2 atom stereocenters. The van der Waals surface area contributed by atoms with Crippen molar-refractivity contribution >= 4 is 33.9 Å². The number of aliphatic hydroxyl groups is 1. The van der Waals surface area contributed by atoms with Crippen molar-refractivity contribution in [1.29, 1.82) is 0 Å². The molecule has 2 aromatic carbocycles. The number of carbonyl (C=O) groups is 2. The number of amides is 2. The Kier molecular flexibility index (Phi) is 4.88. The Hall–Kier alpha value is -3.36. The highest BCUT2D eigenvalue weighted by molar-refractivity contribution is 8.15. The van der Waals surface area contributed by atoms with Gasteiger partial charge < -0.3 is 13.9 Å². The zero-order valence-corrected chi connectivity index (χ0v) is 17.3. The average molecular weight is 434 g/mol. The molecule has 5 rings (SSSR count). The Morgan fingerprint density at radius 3 is 2.68 bits per heavy atom. The number of rotatable bonds is 5. The number of thioether (sulfide) groups is 1. The summed E-state index contributed by atoms with van der Waals surface area (Å²) >= 11 is 1.00. The van der Waals surface area contributed by atoms with Crippen LogP contribution in [0.1, 0.15) is 28.9 Å². The zero-order valence-electron chi connectivity index (χ0n) is 16.5. The van der Waals surface area contributed by atoms with Crippen LogP contribution in [0.15, 0.2) is 63.4 Å². The maximum absolute atomic E-state index is 11.8. The van der Waals surface area contributed by atoms with E-state index in [1.807, 2.05) is 42.5 Å². The molecule has 2 N–H and O–H groups in total. The third-order valence-corrected chi connectivity index (χ3v) is 6.15. The SMILES string of the molecule is Cc1oc(-c2ccccc2)nc1C(O)c1cc2cc(CC3SC(=O)NC3=O)ccc2o1. The smallest absolute Gasteiger partial charge is 0.286 e. The molecule has 0 saturated carbocycles. The summed E-state index contributed by atoms with van der Waals surface area (Å²) in [5, 5.41) is 13.2. The van der Waals surface area contributed by atoms with Gasteiger partial charge >= 0.3 is 0 Å². The summed E-state index contributed by atoms with van der Waals surface area (Å²) in [6.07, 6.45) is -0.643. The molecule has 2 amide bonds. The van der Waals surface area contributed by atoms with Gasteiger partial charge in [-0.3, -0.25) is 14.9 Å². The molecule has 8 heteroatoms. The van der Waals surface area contributed by atoms with Gasteiger partial charge in [-0.2, -0.15) is 0 Å². The third kappa shape index (κ3) is 3.75. The molecule has 0 bridgehead atoms. The molecule has 0 aliphatic carbocycles. The van der Waals surface area contributed by atoms with E-state index in [0.717, 1.165) is 28.3 Å². The van der Waals surface area contributed by atoms with Gasteiger partial charge in [-0.15, -0.1) is 0 Å². The Balaban J connectivity index is 1.41. The lowest BCUT2D eigenvalue weighted by atomic mass is 10.1. The van der Waals surface area contributed by atoms with Crippen molar-refractivity contribution in [2.45, 2.75) is 24.7 Å². The first-order valence-corrected chi connectivity index (χ1v) is 10.6. The van der Waals surface area contributed by atoms with Crippen LogP contribution >= 0.6 is 11.8 Å². The number of fused-ring (bicyclic) bond motifs is 1. The number of nitrogens with one attached hydrogen (secondary N) is 1. The number of imide groups is 1. The number of aryl methyl sites for hydroxylation is 1. The lowest BCUT2D eigenvalue weighted by Gasteiger charge is -2.04. The van der Waals surface area contributed by atoms with Gasteiger partial charge in [0.1, 0.15) is 22.8 Å². The molecule has 1 saturated heterocycles. The van der Waals surface area contributed by atoms with E-state index in [4.69, 9.17) is 8.83 Å². The number of furan rings is 1. The van der Waals surface area contributed by atoms with E-state index in [1.165, 1.54) is 0 Å². The average Bonchev–Trinajstić information content (AvgIpc) is 3.44. The van der Waals surface area contributed by atoms with E-state index in [9.17, 15) is 14.7 Å². The molecule has 156 valence electrons. The number of aromatic nitrogens is 1. The second-order valence-electron chi connectivity index (χ2n) is 7.34. The highest BCUT2D eigenvalue weighted by Crippen LogP contribution is 2.33. The summed E-state index contributed by atoms with van der Waals surface area (Å²) in [7, 11) is 0. The molecule has 7 nitrogen and oxygen atoms in total. The molecule has 31 heavy (non-hydrogen) atoms. The number of carbonyl (C=O) groups excluding carboxylic acids is 2. The number of oxazole rings is 1. The first-order chi connectivity index (χ1) is 15.0. The van der Waals surface area contributed by atoms with Gasteiger partial charge in [-0.05, 0) is 49.2 Å². The summed E-state index contributed by atoms with van der Waals surface area (Å²) < 4.78 is 11.6. The van der Waals surface area contributed by atoms with Gasteiger partial charge in [0.2, 0.25) is 11.8 Å². The summed E-state index contributed by atoms with van der Waals surface area (Å²) in [6, 6.07) is 16.8. The minimum Gasteiger partial charge on any atom is -0.458 e. The minimum atomic E-state index is -1.08. The number of nitrogens with zero attached hydrogens (tertiary/aromatic N) is 1. The maximum atomic E-state index is 11.8. The van der Waals surface area contributed by atoms with Crippen LogP contribution in [0.2, 0.25) is 0 Å². The van der Waals surface area contributed by atoms with Crippen molar-refractivity contribution < 1.29 is 23.5 Å². The third-order valence-electron chi connectivity index (χ3n) is 5.17. The Morgan fingerprint density at radius 1 is 1.13 bits per heavy atom. The highest BCUT2D eigenvalue weighted by Gasteiger charge is 2.31. The zero-order chi connectivity index (χ0) is 21.5. The lowest BCUT2D eigenvalue weighted by molar-refractivity contribution is -0.118. The van der Waals surface area contributed by atoms with Gasteiger partial charge in [0.05, 0.1) is 5.25 Å². The second kappa shape index (κ2) is 7.72. The Bertz CT molecular complexity index is 1290. The Labute approximate surface area is 181 Å². The summed E-state index contributed by atoms with van der Waals surface area (Å²) in [6.45, 7) is 1.75. The first-order valence-electron chi connectivity index (χ1n) is 9.72. The fourth-order valence-corrected chi connectivity index (χ4v) is 4.48. The van der Waals surface area contributed by atoms with Crippen LogP contribution < -0.4 is 5.32 Å². The first kappa shape index (κ1) is 19.6. The van der Waals surface area contributed by atoms with Crippen LogP contribution in [0.3, 0.4) is 0 Å². The van der Waals surface area contributed by atoms with Gasteiger partial charge in [0, 0.05) is 10.9 Å². The van der Waals surface area contributed by atoms with E-state index in [2.05, 4.69) is 10.3 Å². The molecule has 2 aromatic heterocycles. The molecule has 4 aromatic rings. The Morgan fingerprint density at radius 2 is 1.94 bits per heavy atom. The van der Waals surface area contributed by atoms with Crippen LogP contribution in [0.4, 0.5) is 4.79 Å². The van der Waals surface area contributed by atoms with E-state index in [1.54, 1.807) is 19.1 Å². The van der Waals surface area contributed by atoms with Crippen molar-refractivity contribution in [1.82, 2.24) is 10.3 Å². The van der Waals surface area contributed by atoms with Crippen LogP contribution in [-0.4, -0.2) is 26.5 Å². The molecule has 1 aliphatic heterocycles. The fourth-order valence-electron chi connectivity index (χ4n) is 3.62. The van der Waals surface area contributed by atoms with Crippen LogP contribution in [-0.2, 0) is 11.2 Å². The summed E-state index contributed by atoms with van der Waals surface area (Å²) in [4.78, 5) is 27.7. The molecule has 1 fully saturated rings. The van der Waals surface area contributed by atoms with E-state index in [0.29, 0.717) is 35.1 Å². The van der Waals surface area contributed by atoms with Gasteiger partial charge in [-0.25, -0.2) is 4.98 Å². The van der Waals surface area contributed by atoms with Crippen molar-refractivity contribution in [2.75, 3.05) is 0 Å². The normalized spacial score (nSPS) is 17.3. The van der Waals surface area contributed by atoms with E-state index >= 15 is 0 Å². The molecular formula is C23H18N2O5S. The quantitative estimate of drug-likeness (QED) is 0.480. The van der Waals surface area contributed by atoms with E-state index in [-0.39, 0.29) is 11.1 Å². The van der Waals surface area contributed by atoms with Gasteiger partial charge in [0.15, 0.2) is 6.10 Å². The van der Waals surface area contributed by atoms with Crippen molar-refractivity contribution in [2.24, 2.45) is 0 Å². The number of hydrogen-bond donors (Lipinski definition) is 2. The fraction of sp³-hybridized carbons (Fsp3) is 0.174. The molecule has 0 radical (unpaired) electrons. The van der Waals surface area contributed by atoms with E-state index < -0.39 is 11.4 Å². The molecule has 0 spiro atoms. The predicted molar refractivity (Wildman–Crippen MR) is 116 cm³/mol. The van der Waals surface area contributed by atoms with Crippen molar-refractivity contribution in [3.05, 3.63) is 77.4 Å². The molecule has 3 heterocycles. The minimum absolute atomic E-state index is 0.269. The lowest BCUT2D eigenvalue weighted by Crippen LogP contribution is -2.25. The standard InChI is InChI=1S/C23H18N2O5S/c1-12-19(24-22(29-12)14-5-3-2-4-6-14)20(26)17-11-15-9-13(7-8-16(15)30-17)10-18-21(27)25-23(28)31-18/h2-9,11,18,20,26H,10H2,1H3,(H,25,27,28). The number of aliphatic hydroxyl groups excluding tert-OH is 1. The van der Waals surface area contributed by atoms with Crippen molar-refractivity contribution in [3.63, 3.8) is 0 Å². The molecule has 2 unspecified atom stereocenters. The maximum Gasteiger partial charge on any atom is 0.286 e. The number of benzene rings is 2. The van der Waals surface area contributed by atoms with Crippen LogP contribution in [0.25, 0.3) is 22.4 Å². The number of hydrogen-bond acceptors (Lipinski definition) is 7. The second-order valence-corrected chi connectivity index (χ2v) is 8.51. The summed E-state index contributed by atoms with van der Waals surface area (Å²) in [5.41, 5.74) is 2.74. The predicted octanol–water partition coefficient (Wildman–Crippen LogP) is 4.37. The topological polar surface area (TPSA) is 106 Å². The largest absolute Gasteiger partial charge is 0.458 e. The highest BCUT2D eigenvalue weighted by atomic mass is 32.2. The van der Waals surface area contributed by atoms with Crippen LogP contribution in [0.5, 0.6) is 0 Å². The van der Waals surface area contributed by atoms with Gasteiger partial charge in [0.25, 0.3) is 5.24 Å². The molecule has 1 aliphatic rings.